The minimum Gasteiger partial charge on any atom is -0.466 e. The minimum absolute atomic E-state index is 0.00759. The van der Waals surface area contributed by atoms with Crippen molar-refractivity contribution < 1.29 is 18.9 Å². The Hall–Kier alpha value is -2.63. The normalized spacial score (nSPS) is 10.9. The molecule has 0 aliphatic carbocycles. The van der Waals surface area contributed by atoms with Gasteiger partial charge in [-0.05, 0) is 18.2 Å². The van der Waals surface area contributed by atoms with Crippen molar-refractivity contribution in [2.45, 2.75) is 0 Å². The number of methoxy groups -OCH3 is 1. The Labute approximate surface area is 102 Å². The van der Waals surface area contributed by atoms with E-state index in [4.69, 9.17) is 4.42 Å². The Morgan fingerprint density at radius 3 is 2.89 bits per heavy atom. The minimum atomic E-state index is -0.499. The highest BCUT2D eigenvalue weighted by atomic mass is 16.6. The van der Waals surface area contributed by atoms with E-state index in [1.165, 1.54) is 37.5 Å². The number of carbonyl (C=O) groups excluding carboxylic acids is 1. The first-order chi connectivity index (χ1) is 8.60. The molecule has 92 valence electrons. The molecular weight excluding hydrogens is 238 g/mol. The number of nitro groups is 1. The van der Waals surface area contributed by atoms with Crippen molar-refractivity contribution in [1.29, 1.82) is 0 Å². The molecular formula is C12H9NO5. The molecule has 6 heteroatoms. The van der Waals surface area contributed by atoms with E-state index in [9.17, 15) is 14.9 Å². The number of rotatable bonds is 3. The Kier molecular flexibility index (Phi) is 3.09. The Bertz CT molecular complexity index is 641. The summed E-state index contributed by atoms with van der Waals surface area (Å²) in [6, 6.07) is 5.90. The highest BCUT2D eigenvalue weighted by Gasteiger charge is 2.09. The number of carbonyl (C=O) groups is 1. The molecule has 0 aliphatic rings. The molecule has 0 amide bonds. The smallest absolute Gasteiger partial charge is 0.330 e. The summed E-state index contributed by atoms with van der Waals surface area (Å²) < 4.78 is 9.82. The van der Waals surface area contributed by atoms with E-state index in [1.54, 1.807) is 6.07 Å². The molecule has 0 radical (unpaired) electrons. The lowest BCUT2D eigenvalue weighted by Gasteiger charge is -1.89. The molecule has 0 fully saturated rings. The molecule has 0 unspecified atom stereocenters. The fourth-order valence-corrected chi connectivity index (χ4v) is 1.47. The zero-order valence-electron chi connectivity index (χ0n) is 9.45. The summed E-state index contributed by atoms with van der Waals surface area (Å²) in [4.78, 5) is 21.0. The lowest BCUT2D eigenvalue weighted by atomic mass is 10.2. The number of hydrogen-bond donors (Lipinski definition) is 0. The van der Waals surface area contributed by atoms with Gasteiger partial charge >= 0.3 is 5.97 Å². The van der Waals surface area contributed by atoms with Crippen LogP contribution < -0.4 is 0 Å². The van der Waals surface area contributed by atoms with Gasteiger partial charge in [-0.3, -0.25) is 10.1 Å². The van der Waals surface area contributed by atoms with Crippen LogP contribution in [-0.2, 0) is 9.53 Å². The Morgan fingerprint density at radius 1 is 1.44 bits per heavy atom. The van der Waals surface area contributed by atoms with Crippen LogP contribution in [0.15, 0.2) is 34.8 Å². The van der Waals surface area contributed by atoms with Crippen molar-refractivity contribution in [3.8, 4) is 0 Å². The van der Waals surface area contributed by atoms with Crippen LogP contribution in [0.4, 0.5) is 5.69 Å². The fraction of sp³-hybridized carbons (Fsp3) is 0.0833. The van der Waals surface area contributed by atoms with Gasteiger partial charge in [0.1, 0.15) is 11.3 Å². The zero-order valence-corrected chi connectivity index (χ0v) is 9.45. The van der Waals surface area contributed by atoms with Gasteiger partial charge in [-0.1, -0.05) is 0 Å². The van der Waals surface area contributed by atoms with Gasteiger partial charge in [-0.2, -0.15) is 0 Å². The van der Waals surface area contributed by atoms with Crippen LogP contribution in [0.5, 0.6) is 0 Å². The number of furan rings is 1. The van der Waals surface area contributed by atoms with Crippen LogP contribution in [0.3, 0.4) is 0 Å². The van der Waals surface area contributed by atoms with Gasteiger partial charge in [0.2, 0.25) is 0 Å². The maximum absolute atomic E-state index is 10.9. The second-order valence-corrected chi connectivity index (χ2v) is 3.48. The summed E-state index contributed by atoms with van der Waals surface area (Å²) in [6.45, 7) is 0. The molecule has 1 aromatic heterocycles. The van der Waals surface area contributed by atoms with Gasteiger partial charge in [0.15, 0.2) is 0 Å². The summed E-state index contributed by atoms with van der Waals surface area (Å²) in [5, 5.41) is 11.2. The number of benzene rings is 1. The van der Waals surface area contributed by atoms with E-state index in [2.05, 4.69) is 4.74 Å². The lowest BCUT2D eigenvalue weighted by molar-refractivity contribution is -0.384. The predicted molar refractivity (Wildman–Crippen MR) is 63.9 cm³/mol. The highest BCUT2D eigenvalue weighted by molar-refractivity contribution is 5.88. The van der Waals surface area contributed by atoms with E-state index in [0.29, 0.717) is 16.7 Å². The van der Waals surface area contributed by atoms with E-state index >= 15 is 0 Å². The van der Waals surface area contributed by atoms with Gasteiger partial charge in [-0.15, -0.1) is 0 Å². The number of hydrogen-bond acceptors (Lipinski definition) is 5. The van der Waals surface area contributed by atoms with Crippen LogP contribution >= 0.6 is 0 Å². The number of nitro benzene ring substituents is 1. The van der Waals surface area contributed by atoms with Crippen LogP contribution in [0.2, 0.25) is 0 Å². The van der Waals surface area contributed by atoms with Crippen molar-refractivity contribution in [1.82, 2.24) is 0 Å². The lowest BCUT2D eigenvalue weighted by Crippen LogP contribution is -1.92. The number of esters is 1. The third-order valence-electron chi connectivity index (χ3n) is 2.31. The molecule has 2 aromatic rings. The second-order valence-electron chi connectivity index (χ2n) is 3.48. The zero-order chi connectivity index (χ0) is 13.1. The maximum atomic E-state index is 10.9. The average molecular weight is 247 g/mol. The van der Waals surface area contributed by atoms with E-state index in [0.717, 1.165) is 0 Å². The first-order valence-electron chi connectivity index (χ1n) is 5.04. The van der Waals surface area contributed by atoms with Gasteiger partial charge in [0.25, 0.3) is 5.69 Å². The van der Waals surface area contributed by atoms with E-state index in [-0.39, 0.29) is 5.69 Å². The molecule has 18 heavy (non-hydrogen) atoms. The number of non-ortho nitro benzene ring substituents is 1. The first-order valence-corrected chi connectivity index (χ1v) is 5.04. The van der Waals surface area contributed by atoms with Crippen molar-refractivity contribution in [3.63, 3.8) is 0 Å². The Morgan fingerprint density at radius 2 is 2.22 bits per heavy atom. The summed E-state index contributed by atoms with van der Waals surface area (Å²) in [7, 11) is 1.27. The summed E-state index contributed by atoms with van der Waals surface area (Å²) in [5.41, 5.74) is 0.511. The quantitative estimate of drug-likeness (QED) is 0.360. The second kappa shape index (κ2) is 4.70. The number of ether oxygens (including phenoxy) is 1. The van der Waals surface area contributed by atoms with Crippen molar-refractivity contribution in [3.05, 3.63) is 46.2 Å². The average Bonchev–Trinajstić information content (AvgIpc) is 2.77. The van der Waals surface area contributed by atoms with Gasteiger partial charge in [0, 0.05) is 23.6 Å². The van der Waals surface area contributed by atoms with E-state index in [1.807, 2.05) is 0 Å². The Balaban J connectivity index is 2.35. The summed E-state index contributed by atoms with van der Waals surface area (Å²) in [6.07, 6.45) is 2.66. The number of nitrogens with zero attached hydrogens (tertiary/aromatic N) is 1. The summed E-state index contributed by atoms with van der Waals surface area (Å²) in [5.74, 6) is -0.0719. The maximum Gasteiger partial charge on any atom is 0.330 e. The molecule has 0 N–H and O–H groups in total. The molecule has 2 rings (SSSR count). The molecule has 0 bridgehead atoms. The largest absolute Gasteiger partial charge is 0.466 e. The predicted octanol–water partition coefficient (Wildman–Crippen LogP) is 2.53. The SMILES string of the molecule is COC(=O)/C=C/c1cc2cc([N+](=O)[O-])ccc2o1. The van der Waals surface area contributed by atoms with Gasteiger partial charge in [0.05, 0.1) is 12.0 Å². The molecule has 0 atom stereocenters. The fourth-order valence-electron chi connectivity index (χ4n) is 1.47. The molecule has 1 aromatic carbocycles. The number of fused-ring (bicyclic) bond motifs is 1. The van der Waals surface area contributed by atoms with Gasteiger partial charge in [-0.25, -0.2) is 4.79 Å². The highest BCUT2D eigenvalue weighted by Crippen LogP contribution is 2.24. The van der Waals surface area contributed by atoms with Crippen molar-refractivity contribution in [2.24, 2.45) is 0 Å². The standard InChI is InChI=1S/C12H9NO5/c1-17-12(14)5-3-10-7-8-6-9(13(15)16)2-4-11(8)18-10/h2-7H,1H3/b5-3+. The third-order valence-corrected chi connectivity index (χ3v) is 2.31. The molecule has 0 saturated carbocycles. The van der Waals surface area contributed by atoms with Crippen LogP contribution in [-0.4, -0.2) is 18.0 Å². The molecule has 0 spiro atoms. The molecule has 1 heterocycles. The van der Waals surface area contributed by atoms with Gasteiger partial charge < -0.3 is 9.15 Å². The topological polar surface area (TPSA) is 82.6 Å². The molecule has 0 aliphatic heterocycles. The monoisotopic (exact) mass is 247 g/mol. The van der Waals surface area contributed by atoms with Crippen LogP contribution in [0.1, 0.15) is 5.76 Å². The first kappa shape index (κ1) is 11.8. The molecule has 0 saturated heterocycles. The van der Waals surface area contributed by atoms with E-state index < -0.39 is 10.9 Å². The summed E-state index contributed by atoms with van der Waals surface area (Å²) >= 11 is 0. The van der Waals surface area contributed by atoms with Crippen LogP contribution in [0, 0.1) is 10.1 Å². The van der Waals surface area contributed by atoms with Crippen LogP contribution in [0.25, 0.3) is 17.0 Å². The van der Waals surface area contributed by atoms with Crippen molar-refractivity contribution in [2.75, 3.05) is 7.11 Å². The third kappa shape index (κ3) is 2.37. The van der Waals surface area contributed by atoms with Crippen molar-refractivity contribution >= 4 is 28.7 Å². The molecule has 6 nitrogen and oxygen atoms in total.